The number of ketones is 1. The maximum Gasteiger partial charge on any atom is 0.193 e. The second-order valence-corrected chi connectivity index (χ2v) is 4.66. The molecular formula is C15H10ClN3O. The third kappa shape index (κ3) is 2.21. The smallest absolute Gasteiger partial charge is 0.193 e. The Balaban J connectivity index is 2.09. The number of carbonyl (C=O) groups excluding carboxylic acids is 1. The van der Waals surface area contributed by atoms with Crippen molar-refractivity contribution in [3.8, 4) is 0 Å². The van der Waals surface area contributed by atoms with E-state index >= 15 is 0 Å². The molecule has 1 heterocycles. The minimum Gasteiger partial charge on any atom is -0.381 e. The normalized spacial score (nSPS) is 10.7. The number of carbonyl (C=O) groups is 1. The lowest BCUT2D eigenvalue weighted by Crippen LogP contribution is -2.02. The number of hydrogen-bond acceptors (Lipinski definition) is 4. The zero-order valence-electron chi connectivity index (χ0n) is 10.4. The first kappa shape index (κ1) is 12.6. The van der Waals surface area contributed by atoms with Gasteiger partial charge in [0.15, 0.2) is 16.8 Å². The second kappa shape index (κ2) is 4.90. The van der Waals surface area contributed by atoms with Crippen molar-refractivity contribution < 1.29 is 4.79 Å². The molecule has 0 amide bonds. The molecule has 0 saturated carbocycles. The minimum absolute atomic E-state index is 0.0674. The molecule has 0 radical (unpaired) electrons. The van der Waals surface area contributed by atoms with Crippen LogP contribution in [0.25, 0.3) is 11.0 Å². The number of nitrogen functional groups attached to an aromatic ring is 1. The van der Waals surface area contributed by atoms with Crippen molar-refractivity contribution in [2.75, 3.05) is 5.73 Å². The molecule has 3 rings (SSSR count). The lowest BCUT2D eigenvalue weighted by Gasteiger charge is -2.04. The van der Waals surface area contributed by atoms with Crippen molar-refractivity contribution in [3.05, 3.63) is 64.8 Å². The highest BCUT2D eigenvalue weighted by Gasteiger charge is 2.11. The van der Waals surface area contributed by atoms with Crippen LogP contribution in [0.15, 0.2) is 48.5 Å². The Bertz CT molecular complexity index is 803. The van der Waals surface area contributed by atoms with Crippen LogP contribution >= 0.6 is 11.6 Å². The van der Waals surface area contributed by atoms with Gasteiger partial charge in [-0.25, -0.2) is 9.97 Å². The van der Waals surface area contributed by atoms with E-state index in [-0.39, 0.29) is 16.8 Å². The highest BCUT2D eigenvalue weighted by molar-refractivity contribution is 6.31. The molecule has 2 N–H and O–H groups in total. The number of hydrogen-bond donors (Lipinski definition) is 1. The molecule has 0 bridgehead atoms. The van der Waals surface area contributed by atoms with Gasteiger partial charge >= 0.3 is 0 Å². The Morgan fingerprint density at radius 1 is 0.950 bits per heavy atom. The topological polar surface area (TPSA) is 68.9 Å². The summed E-state index contributed by atoms with van der Waals surface area (Å²) in [5.41, 5.74) is 7.92. The first-order valence-electron chi connectivity index (χ1n) is 5.97. The van der Waals surface area contributed by atoms with E-state index in [1.54, 1.807) is 30.3 Å². The van der Waals surface area contributed by atoms with Crippen LogP contribution in [0.4, 0.5) is 5.82 Å². The Hall–Kier alpha value is -2.46. The predicted octanol–water partition coefficient (Wildman–Crippen LogP) is 3.10. The van der Waals surface area contributed by atoms with E-state index in [1.165, 1.54) is 0 Å². The number of fused-ring (bicyclic) bond motifs is 1. The van der Waals surface area contributed by atoms with E-state index in [9.17, 15) is 4.79 Å². The molecule has 0 spiro atoms. The highest BCUT2D eigenvalue weighted by atomic mass is 35.5. The van der Waals surface area contributed by atoms with Crippen LogP contribution in [-0.4, -0.2) is 15.8 Å². The van der Waals surface area contributed by atoms with E-state index in [2.05, 4.69) is 9.97 Å². The predicted molar refractivity (Wildman–Crippen MR) is 78.8 cm³/mol. The van der Waals surface area contributed by atoms with Gasteiger partial charge < -0.3 is 5.73 Å². The van der Waals surface area contributed by atoms with Gasteiger partial charge in [0.05, 0.1) is 11.0 Å². The highest BCUT2D eigenvalue weighted by Crippen LogP contribution is 2.20. The molecule has 98 valence electrons. The summed E-state index contributed by atoms with van der Waals surface area (Å²) in [6, 6.07) is 14.2. The fraction of sp³-hybridized carbons (Fsp3) is 0. The summed E-state index contributed by atoms with van der Waals surface area (Å²) >= 11 is 5.85. The van der Waals surface area contributed by atoms with Crippen LogP contribution in [0.1, 0.15) is 15.9 Å². The first-order chi connectivity index (χ1) is 9.65. The summed E-state index contributed by atoms with van der Waals surface area (Å²) in [4.78, 5) is 20.6. The molecule has 4 nitrogen and oxygen atoms in total. The molecule has 0 saturated heterocycles. The van der Waals surface area contributed by atoms with Crippen LogP contribution in [0.5, 0.6) is 0 Å². The zero-order chi connectivity index (χ0) is 14.1. The summed E-state index contributed by atoms with van der Waals surface area (Å²) in [6.45, 7) is 0. The maximum absolute atomic E-state index is 12.3. The van der Waals surface area contributed by atoms with Gasteiger partial charge in [0.2, 0.25) is 0 Å². The zero-order valence-corrected chi connectivity index (χ0v) is 11.1. The van der Waals surface area contributed by atoms with Crippen molar-refractivity contribution >= 4 is 34.2 Å². The maximum atomic E-state index is 12.3. The lowest BCUT2D eigenvalue weighted by molar-refractivity contribution is 0.103. The molecule has 2 aromatic carbocycles. The van der Waals surface area contributed by atoms with Gasteiger partial charge in [0, 0.05) is 11.1 Å². The summed E-state index contributed by atoms with van der Waals surface area (Å²) in [5.74, 6) is 0.114. The molecule has 1 aromatic heterocycles. The fourth-order valence-corrected chi connectivity index (χ4v) is 2.08. The molecule has 0 fully saturated rings. The molecule has 0 atom stereocenters. The molecule has 0 aliphatic rings. The number of halogens is 1. The number of nitrogens with two attached hydrogens (primary N) is 1. The van der Waals surface area contributed by atoms with E-state index < -0.39 is 0 Å². The van der Waals surface area contributed by atoms with Crippen LogP contribution < -0.4 is 5.73 Å². The minimum atomic E-state index is -0.0674. The third-order valence-corrected chi connectivity index (χ3v) is 3.22. The second-order valence-electron chi connectivity index (χ2n) is 4.30. The van der Waals surface area contributed by atoms with Gasteiger partial charge in [0.1, 0.15) is 0 Å². The van der Waals surface area contributed by atoms with Gasteiger partial charge in [-0.1, -0.05) is 41.9 Å². The molecular weight excluding hydrogens is 274 g/mol. The Morgan fingerprint density at radius 2 is 1.70 bits per heavy atom. The Kier molecular flexibility index (Phi) is 3.08. The molecule has 3 aromatic rings. The van der Waals surface area contributed by atoms with Crippen molar-refractivity contribution in [3.63, 3.8) is 0 Å². The number of nitrogens with zero attached hydrogens (tertiary/aromatic N) is 2. The number of rotatable bonds is 2. The fourth-order valence-electron chi connectivity index (χ4n) is 1.94. The van der Waals surface area contributed by atoms with Crippen molar-refractivity contribution in [2.45, 2.75) is 0 Å². The third-order valence-electron chi connectivity index (χ3n) is 2.94. The van der Waals surface area contributed by atoms with Gasteiger partial charge in [-0.3, -0.25) is 4.79 Å². The molecule has 0 aliphatic carbocycles. The Morgan fingerprint density at radius 3 is 2.45 bits per heavy atom. The van der Waals surface area contributed by atoms with Gasteiger partial charge in [-0.05, 0) is 18.2 Å². The monoisotopic (exact) mass is 283 g/mol. The van der Waals surface area contributed by atoms with Gasteiger partial charge in [-0.2, -0.15) is 0 Å². The van der Waals surface area contributed by atoms with E-state index in [4.69, 9.17) is 17.3 Å². The van der Waals surface area contributed by atoms with Gasteiger partial charge in [0.25, 0.3) is 0 Å². The van der Waals surface area contributed by atoms with Crippen molar-refractivity contribution in [1.82, 2.24) is 9.97 Å². The molecule has 0 aliphatic heterocycles. The first-order valence-corrected chi connectivity index (χ1v) is 6.35. The number of aromatic nitrogens is 2. The number of anilines is 1. The van der Waals surface area contributed by atoms with E-state index in [0.717, 1.165) is 0 Å². The molecule has 5 heteroatoms. The standard InChI is InChI=1S/C15H10ClN3O/c16-14-15(17)19-11-7-6-10(8-12(11)18-14)13(20)9-4-2-1-3-5-9/h1-8H,(H2,17,19). The summed E-state index contributed by atoms with van der Waals surface area (Å²) in [6.07, 6.45) is 0. The van der Waals surface area contributed by atoms with Crippen molar-refractivity contribution in [2.24, 2.45) is 0 Å². The van der Waals surface area contributed by atoms with Crippen LogP contribution in [-0.2, 0) is 0 Å². The van der Waals surface area contributed by atoms with Crippen LogP contribution in [0.3, 0.4) is 0 Å². The lowest BCUT2D eigenvalue weighted by atomic mass is 10.0. The SMILES string of the molecule is Nc1nc2ccc(C(=O)c3ccccc3)cc2nc1Cl. The van der Waals surface area contributed by atoms with Crippen LogP contribution in [0, 0.1) is 0 Å². The average Bonchev–Trinajstić information content (AvgIpc) is 2.48. The van der Waals surface area contributed by atoms with E-state index in [1.807, 2.05) is 18.2 Å². The summed E-state index contributed by atoms with van der Waals surface area (Å²) < 4.78 is 0. The molecule has 20 heavy (non-hydrogen) atoms. The Labute approximate surface area is 120 Å². The van der Waals surface area contributed by atoms with Crippen molar-refractivity contribution in [1.29, 1.82) is 0 Å². The van der Waals surface area contributed by atoms with Crippen LogP contribution in [0.2, 0.25) is 5.15 Å². The summed E-state index contributed by atoms with van der Waals surface area (Å²) in [5, 5.41) is 0.141. The van der Waals surface area contributed by atoms with E-state index in [0.29, 0.717) is 22.2 Å². The summed E-state index contributed by atoms with van der Waals surface area (Å²) in [7, 11) is 0. The van der Waals surface area contributed by atoms with Gasteiger partial charge in [-0.15, -0.1) is 0 Å². The average molecular weight is 284 g/mol. The largest absolute Gasteiger partial charge is 0.381 e. The number of benzene rings is 2. The quantitative estimate of drug-likeness (QED) is 0.734. The molecule has 0 unspecified atom stereocenters.